The monoisotopic (exact) mass is 334 g/mol. The van der Waals surface area contributed by atoms with E-state index in [0.29, 0.717) is 23.6 Å². The van der Waals surface area contributed by atoms with E-state index in [1.165, 1.54) is 4.68 Å². The molecule has 23 heavy (non-hydrogen) atoms. The highest BCUT2D eigenvalue weighted by atomic mass is 32.1. The number of nitrogens with one attached hydrogen (secondary N) is 1. The molecule has 0 spiro atoms. The van der Waals surface area contributed by atoms with Crippen molar-refractivity contribution in [1.29, 1.82) is 0 Å². The second kappa shape index (κ2) is 7.52. The lowest BCUT2D eigenvalue weighted by Gasteiger charge is -2.08. The average Bonchev–Trinajstić information content (AvgIpc) is 2.77. The maximum Gasteiger partial charge on any atom is 0.295 e. The molecule has 1 amide bonds. The molecule has 0 aliphatic heterocycles. The van der Waals surface area contributed by atoms with Gasteiger partial charge in [-0.25, -0.2) is 4.68 Å². The third-order valence-corrected chi connectivity index (χ3v) is 4.26. The van der Waals surface area contributed by atoms with E-state index < -0.39 is 0 Å². The van der Waals surface area contributed by atoms with Crippen molar-refractivity contribution >= 4 is 24.2 Å². The summed E-state index contributed by atoms with van der Waals surface area (Å²) in [5.41, 5.74) is 7.26. The van der Waals surface area contributed by atoms with E-state index in [0.717, 1.165) is 5.69 Å². The molecule has 2 rings (SSSR count). The average molecular weight is 334 g/mol. The quantitative estimate of drug-likeness (QED) is 0.700. The number of nitrogens with zero attached hydrogens (tertiary/aromatic N) is 2. The first-order valence-electron chi connectivity index (χ1n) is 7.46. The maximum atomic E-state index is 12.6. The normalized spacial score (nSPS) is 12.2. The predicted molar refractivity (Wildman–Crippen MR) is 95.4 cm³/mol. The second-order valence-electron chi connectivity index (χ2n) is 5.47. The Balaban J connectivity index is 2.24. The maximum absolute atomic E-state index is 12.6. The van der Waals surface area contributed by atoms with Crippen LogP contribution >= 0.6 is 12.6 Å². The van der Waals surface area contributed by atoms with Crippen LogP contribution in [0.4, 0.5) is 5.69 Å². The van der Waals surface area contributed by atoms with Gasteiger partial charge < -0.3 is 11.1 Å². The fourth-order valence-electron chi connectivity index (χ4n) is 2.32. The first-order valence-corrected chi connectivity index (χ1v) is 8.09. The number of thiol groups is 1. The number of aromatic nitrogens is 2. The summed E-state index contributed by atoms with van der Waals surface area (Å²) < 4.78 is 3.26. The summed E-state index contributed by atoms with van der Waals surface area (Å²) in [6.45, 7) is 1.80. The van der Waals surface area contributed by atoms with Gasteiger partial charge in [-0.1, -0.05) is 18.2 Å². The number of hydrogen-bond donors (Lipinski definition) is 3. The first kappa shape index (κ1) is 17.4. The van der Waals surface area contributed by atoms with Gasteiger partial charge >= 0.3 is 0 Å². The van der Waals surface area contributed by atoms with Crippen molar-refractivity contribution in [2.45, 2.75) is 25.8 Å². The van der Waals surface area contributed by atoms with E-state index in [4.69, 9.17) is 5.73 Å². The summed E-state index contributed by atoms with van der Waals surface area (Å²) in [7, 11) is 1.79. The molecule has 7 heteroatoms. The highest BCUT2D eigenvalue weighted by Gasteiger charge is 2.18. The summed E-state index contributed by atoms with van der Waals surface area (Å²) in [5, 5.41) is 2.72. The van der Waals surface area contributed by atoms with Crippen molar-refractivity contribution < 1.29 is 4.79 Å². The van der Waals surface area contributed by atoms with Crippen LogP contribution in [0.2, 0.25) is 0 Å². The van der Waals surface area contributed by atoms with Crippen molar-refractivity contribution in [1.82, 2.24) is 9.36 Å². The Morgan fingerprint density at radius 1 is 1.35 bits per heavy atom. The number of hydrogen-bond acceptors (Lipinski definition) is 4. The van der Waals surface area contributed by atoms with Gasteiger partial charge in [0.15, 0.2) is 0 Å². The van der Waals surface area contributed by atoms with Crippen molar-refractivity contribution in [3.63, 3.8) is 0 Å². The van der Waals surface area contributed by atoms with E-state index in [-0.39, 0.29) is 23.9 Å². The summed E-state index contributed by atoms with van der Waals surface area (Å²) >= 11 is 4.09. The summed E-state index contributed by atoms with van der Waals surface area (Å²) in [6, 6.07) is 9.18. The Hall–Kier alpha value is -1.99. The topological polar surface area (TPSA) is 82.1 Å². The smallest absolute Gasteiger partial charge is 0.295 e. The molecule has 1 aromatic carbocycles. The van der Waals surface area contributed by atoms with Crippen molar-refractivity contribution in [2.75, 3.05) is 11.1 Å². The molecular formula is C16H22N4O2S. The van der Waals surface area contributed by atoms with Gasteiger partial charge in [-0.3, -0.25) is 14.3 Å². The first-order chi connectivity index (χ1) is 11.0. The molecule has 1 atom stereocenters. The Bertz CT molecular complexity index is 737. The van der Waals surface area contributed by atoms with Gasteiger partial charge in [-0.2, -0.15) is 12.6 Å². The van der Waals surface area contributed by atoms with Crippen molar-refractivity contribution in [3.05, 3.63) is 46.4 Å². The van der Waals surface area contributed by atoms with E-state index >= 15 is 0 Å². The minimum Gasteiger partial charge on any atom is -0.327 e. The molecule has 6 nitrogen and oxygen atoms in total. The number of rotatable bonds is 6. The lowest BCUT2D eigenvalue weighted by Crippen LogP contribution is -2.26. The minimum atomic E-state index is -0.247. The molecule has 3 N–H and O–H groups in total. The molecule has 1 aromatic heterocycles. The van der Waals surface area contributed by atoms with Crippen LogP contribution in [-0.4, -0.2) is 27.1 Å². The third-order valence-electron chi connectivity index (χ3n) is 3.80. The van der Waals surface area contributed by atoms with Crippen molar-refractivity contribution in [3.8, 4) is 5.69 Å². The predicted octanol–water partition coefficient (Wildman–Crippen LogP) is 1.46. The summed E-state index contributed by atoms with van der Waals surface area (Å²) in [5.74, 6) is 0.312. The zero-order valence-electron chi connectivity index (χ0n) is 13.3. The van der Waals surface area contributed by atoms with Gasteiger partial charge in [0.25, 0.3) is 5.56 Å². The zero-order valence-corrected chi connectivity index (χ0v) is 14.2. The Morgan fingerprint density at radius 3 is 2.61 bits per heavy atom. The zero-order chi connectivity index (χ0) is 17.0. The molecule has 0 aliphatic rings. The number of benzene rings is 1. The molecular weight excluding hydrogens is 312 g/mol. The van der Waals surface area contributed by atoms with E-state index in [2.05, 4.69) is 17.9 Å². The lowest BCUT2D eigenvalue weighted by molar-refractivity contribution is -0.116. The summed E-state index contributed by atoms with van der Waals surface area (Å²) in [6.07, 6.45) is 0.801. The van der Waals surface area contributed by atoms with Crippen LogP contribution in [0.1, 0.15) is 18.5 Å². The number of carbonyl (C=O) groups is 1. The second-order valence-corrected chi connectivity index (χ2v) is 5.83. The van der Waals surface area contributed by atoms with Gasteiger partial charge in [0.1, 0.15) is 5.69 Å². The van der Waals surface area contributed by atoms with Crippen molar-refractivity contribution in [2.24, 2.45) is 12.8 Å². The lowest BCUT2D eigenvalue weighted by atomic mass is 10.2. The van der Waals surface area contributed by atoms with Gasteiger partial charge in [0, 0.05) is 25.3 Å². The molecule has 0 bridgehead atoms. The van der Waals surface area contributed by atoms with Crippen LogP contribution in [-0.2, 0) is 11.8 Å². The number of anilines is 1. The molecule has 0 saturated heterocycles. The Labute approximate surface area is 140 Å². The van der Waals surface area contributed by atoms with E-state index in [1.807, 2.05) is 30.3 Å². The van der Waals surface area contributed by atoms with Gasteiger partial charge in [-0.15, -0.1) is 0 Å². The molecule has 0 fully saturated rings. The molecule has 0 unspecified atom stereocenters. The highest BCUT2D eigenvalue weighted by Crippen LogP contribution is 2.14. The molecule has 2 aromatic rings. The molecule has 0 aliphatic carbocycles. The van der Waals surface area contributed by atoms with Crippen LogP contribution < -0.4 is 16.6 Å². The number of nitrogens with two attached hydrogens (primary N) is 1. The van der Waals surface area contributed by atoms with Crippen LogP contribution in [0, 0.1) is 6.92 Å². The van der Waals surface area contributed by atoms with Crippen LogP contribution in [0.25, 0.3) is 5.69 Å². The number of amides is 1. The number of carbonyl (C=O) groups excluding carboxylic acids is 1. The molecule has 1 heterocycles. The third kappa shape index (κ3) is 3.86. The minimum absolute atomic E-state index is 0.123. The number of para-hydroxylation sites is 1. The van der Waals surface area contributed by atoms with Crippen LogP contribution in [0.3, 0.4) is 0 Å². The molecule has 0 radical (unpaired) electrons. The fraction of sp³-hybridized carbons (Fsp3) is 0.375. The Kier molecular flexibility index (Phi) is 5.68. The van der Waals surface area contributed by atoms with Gasteiger partial charge in [0.05, 0.1) is 11.4 Å². The van der Waals surface area contributed by atoms with Crippen LogP contribution in [0.15, 0.2) is 35.1 Å². The van der Waals surface area contributed by atoms with Gasteiger partial charge in [0.2, 0.25) is 5.91 Å². The standard InChI is InChI=1S/C16H22N4O2S/c1-11-15(18-14(21)9-8-12(17)10-23)16(22)20(19(11)2)13-6-4-3-5-7-13/h3-7,12,23H,8-10,17H2,1-2H3,(H,18,21)/t12-/m1/s1. The summed E-state index contributed by atoms with van der Waals surface area (Å²) in [4.78, 5) is 24.7. The van der Waals surface area contributed by atoms with E-state index in [1.54, 1.807) is 18.7 Å². The molecule has 0 saturated carbocycles. The van der Waals surface area contributed by atoms with Gasteiger partial charge in [-0.05, 0) is 25.5 Å². The fourth-order valence-corrected chi connectivity index (χ4v) is 2.50. The Morgan fingerprint density at radius 2 is 2.00 bits per heavy atom. The molecule has 124 valence electrons. The SMILES string of the molecule is Cc1c(NC(=O)CC[C@@H](N)CS)c(=O)n(-c2ccccc2)n1C. The van der Waals surface area contributed by atoms with E-state index in [9.17, 15) is 9.59 Å². The highest BCUT2D eigenvalue weighted by molar-refractivity contribution is 7.80. The van der Waals surface area contributed by atoms with Crippen LogP contribution in [0.5, 0.6) is 0 Å². The largest absolute Gasteiger partial charge is 0.327 e.